The molecule has 0 rings (SSSR count). The number of rotatable bonds is 0. The van der Waals surface area contributed by atoms with E-state index in [1.165, 1.54) is 0 Å². The number of carbonyl (C=O) groups excluding carboxylic acids is 2. The molecule has 0 spiro atoms. The maximum atomic E-state index is 8.98. The van der Waals surface area contributed by atoms with Gasteiger partial charge in [-0.3, -0.25) is 4.79 Å². The first-order valence-corrected chi connectivity index (χ1v) is 1.63. The molecule has 0 saturated heterocycles. The molecule has 0 heterocycles. The average Bonchev–Trinajstić information content (AvgIpc) is 1.41. The molecule has 6 heavy (non-hydrogen) atoms. The fraction of sp³-hybridized carbons (Fsp3) is 0. The lowest BCUT2D eigenvalue weighted by Gasteiger charge is -1.48. The molecule has 0 fully saturated rings. The highest BCUT2D eigenvalue weighted by Gasteiger charge is 1.72. The van der Waals surface area contributed by atoms with E-state index in [0.29, 0.717) is 0 Å². The van der Waals surface area contributed by atoms with Gasteiger partial charge >= 0.3 is 4.70 Å². The molecule has 0 N–H and O–H groups in total. The first-order chi connectivity index (χ1) is 2.73. The van der Waals surface area contributed by atoms with E-state index >= 15 is 0 Å². The lowest BCUT2D eigenvalue weighted by atomic mass is 11.8. The zero-order chi connectivity index (χ0) is 5.58. The van der Waals surface area contributed by atoms with Crippen LogP contribution in [0, 0.1) is 0 Å². The third-order valence-corrected chi connectivity index (χ3v) is 0. The van der Waals surface area contributed by atoms with Crippen molar-refractivity contribution in [2.24, 2.45) is 0 Å². The highest BCUT2D eigenvalue weighted by molar-refractivity contribution is 6.93. The van der Waals surface area contributed by atoms with Crippen molar-refractivity contribution in [2.45, 2.75) is 0 Å². The Bertz CT molecular complexity index is 40.8. The maximum Gasteiger partial charge on any atom is 0.313 e. The fourth-order valence-corrected chi connectivity index (χ4v) is 0. The van der Waals surface area contributed by atoms with Crippen LogP contribution in [0.1, 0.15) is 0 Å². The Morgan fingerprint density at radius 3 is 1.33 bits per heavy atom. The molecule has 0 aliphatic carbocycles. The van der Waals surface area contributed by atoms with Crippen LogP contribution >= 0.6 is 23.2 Å². The van der Waals surface area contributed by atoms with Gasteiger partial charge < -0.3 is 4.79 Å². The molecular formula is C2H2Cl2O2. The summed E-state index contributed by atoms with van der Waals surface area (Å²) in [5.74, 6) is 0. The van der Waals surface area contributed by atoms with E-state index in [4.69, 9.17) is 9.59 Å². The van der Waals surface area contributed by atoms with Gasteiger partial charge in [-0.2, -0.15) is 0 Å². The van der Waals surface area contributed by atoms with Crippen LogP contribution in [-0.4, -0.2) is 11.5 Å². The van der Waals surface area contributed by atoms with Gasteiger partial charge in [0, 0.05) is 0 Å². The van der Waals surface area contributed by atoms with Gasteiger partial charge in [0.15, 0.2) is 0 Å². The van der Waals surface area contributed by atoms with Crippen LogP contribution in [0.2, 0.25) is 0 Å². The summed E-state index contributed by atoms with van der Waals surface area (Å²) in [6, 6.07) is 0. The van der Waals surface area contributed by atoms with Crippen molar-refractivity contribution in [1.82, 2.24) is 0 Å². The zero-order valence-electron chi connectivity index (χ0n) is 2.78. The lowest BCUT2D eigenvalue weighted by Crippen LogP contribution is -1.46. The van der Waals surface area contributed by atoms with Gasteiger partial charge in [0.25, 0.3) is 0 Å². The van der Waals surface area contributed by atoms with Crippen LogP contribution in [0.15, 0.2) is 0 Å². The van der Waals surface area contributed by atoms with Crippen LogP contribution in [0.3, 0.4) is 0 Å². The Balaban J connectivity index is 0. The van der Waals surface area contributed by atoms with Gasteiger partial charge in [-0.05, 0) is 23.2 Å². The minimum atomic E-state index is -0.889. The molecule has 36 valence electrons. The van der Waals surface area contributed by atoms with Gasteiger partial charge in [0.2, 0.25) is 0 Å². The quantitative estimate of drug-likeness (QED) is 0.463. The number of carbonyl (C=O) groups is 2. The van der Waals surface area contributed by atoms with Crippen LogP contribution in [0.5, 0.6) is 0 Å². The number of halogens is 2. The van der Waals surface area contributed by atoms with Crippen LogP contribution in [0.4, 0.5) is 4.79 Å². The summed E-state index contributed by atoms with van der Waals surface area (Å²) in [6.07, 6.45) is 0. The van der Waals surface area contributed by atoms with Gasteiger partial charge in [0.1, 0.15) is 6.79 Å². The minimum absolute atomic E-state index is 0.889. The van der Waals surface area contributed by atoms with E-state index in [1.807, 2.05) is 6.79 Å². The number of hydrogen-bond acceptors (Lipinski definition) is 2. The van der Waals surface area contributed by atoms with E-state index in [9.17, 15) is 0 Å². The molecule has 0 aromatic carbocycles. The van der Waals surface area contributed by atoms with Gasteiger partial charge in [-0.15, -0.1) is 0 Å². The second-order valence-corrected chi connectivity index (χ2v) is 1.11. The van der Waals surface area contributed by atoms with Crippen molar-refractivity contribution in [3.8, 4) is 0 Å². The normalized spacial score (nSPS) is 5.00. The molecule has 0 amide bonds. The molecule has 0 aliphatic heterocycles. The Hall–Kier alpha value is -0.0800. The molecule has 0 aromatic rings. The predicted molar refractivity (Wildman–Crippen MR) is 24.2 cm³/mol. The summed E-state index contributed by atoms with van der Waals surface area (Å²) < 4.78 is -0.889. The van der Waals surface area contributed by atoms with Crippen molar-refractivity contribution in [1.29, 1.82) is 0 Å². The Labute approximate surface area is 45.0 Å². The van der Waals surface area contributed by atoms with Crippen molar-refractivity contribution in [3.05, 3.63) is 0 Å². The summed E-state index contributed by atoms with van der Waals surface area (Å²) in [5, 5.41) is 0. The lowest BCUT2D eigenvalue weighted by molar-refractivity contribution is -0.0979. The van der Waals surface area contributed by atoms with Crippen LogP contribution < -0.4 is 0 Å². The van der Waals surface area contributed by atoms with E-state index in [0.717, 1.165) is 0 Å². The molecule has 0 radical (unpaired) electrons. The molecular weight excluding hydrogens is 127 g/mol. The molecule has 0 atom stereocenters. The first-order valence-electron chi connectivity index (χ1n) is 0.871. The second kappa shape index (κ2) is 8.87. The Morgan fingerprint density at radius 2 is 1.33 bits per heavy atom. The maximum absolute atomic E-state index is 8.98. The van der Waals surface area contributed by atoms with Crippen LogP contribution in [0.25, 0.3) is 0 Å². The second-order valence-electron chi connectivity index (χ2n) is 0.226. The summed E-state index contributed by atoms with van der Waals surface area (Å²) >= 11 is 8.80. The molecule has 4 heteroatoms. The standard InChI is InChI=1S/CCl2O.CH2O/c2-1(3)4;1-2/h;1H2. The topological polar surface area (TPSA) is 34.1 Å². The molecule has 0 unspecified atom stereocenters. The van der Waals surface area contributed by atoms with Crippen molar-refractivity contribution in [2.75, 3.05) is 0 Å². The third kappa shape index (κ3) is 5220. The summed E-state index contributed by atoms with van der Waals surface area (Å²) in [6.45, 7) is 2.00. The van der Waals surface area contributed by atoms with Crippen LogP contribution in [-0.2, 0) is 4.79 Å². The summed E-state index contributed by atoms with van der Waals surface area (Å²) in [7, 11) is 0. The molecule has 0 aliphatic rings. The van der Waals surface area contributed by atoms with E-state index in [-0.39, 0.29) is 0 Å². The van der Waals surface area contributed by atoms with E-state index < -0.39 is 4.70 Å². The molecule has 2 nitrogen and oxygen atoms in total. The molecule has 0 saturated carbocycles. The number of hydrogen-bond donors (Lipinski definition) is 0. The average molecular weight is 129 g/mol. The van der Waals surface area contributed by atoms with E-state index in [1.54, 1.807) is 0 Å². The van der Waals surface area contributed by atoms with Gasteiger partial charge in [0.05, 0.1) is 0 Å². The van der Waals surface area contributed by atoms with Crippen molar-refractivity contribution < 1.29 is 9.59 Å². The summed E-state index contributed by atoms with van der Waals surface area (Å²) in [4.78, 5) is 17.0. The van der Waals surface area contributed by atoms with Crippen molar-refractivity contribution in [3.63, 3.8) is 0 Å². The third-order valence-electron chi connectivity index (χ3n) is 0. The molecule has 0 aromatic heterocycles. The highest BCUT2D eigenvalue weighted by Crippen LogP contribution is 1.84. The SMILES string of the molecule is C=O.O=C(Cl)Cl. The Morgan fingerprint density at radius 1 is 1.33 bits per heavy atom. The smallest absolute Gasteiger partial charge is 0.307 e. The summed E-state index contributed by atoms with van der Waals surface area (Å²) in [5.41, 5.74) is 0. The van der Waals surface area contributed by atoms with E-state index in [2.05, 4.69) is 23.2 Å². The highest BCUT2D eigenvalue weighted by atomic mass is 35.5. The van der Waals surface area contributed by atoms with Gasteiger partial charge in [-0.25, -0.2) is 0 Å². The monoisotopic (exact) mass is 128 g/mol. The van der Waals surface area contributed by atoms with Gasteiger partial charge in [-0.1, -0.05) is 0 Å². The Kier molecular flexibility index (Phi) is 13.8. The first kappa shape index (κ1) is 9.33. The fourth-order valence-electron chi connectivity index (χ4n) is 0. The predicted octanol–water partition coefficient (Wildman–Crippen LogP) is 1.40. The minimum Gasteiger partial charge on any atom is -0.307 e. The molecule has 0 bridgehead atoms. The zero-order valence-corrected chi connectivity index (χ0v) is 4.29. The van der Waals surface area contributed by atoms with Crippen molar-refractivity contribution >= 4 is 34.7 Å². The largest absolute Gasteiger partial charge is 0.313 e.